The first-order chi connectivity index (χ1) is 13.0. The van der Waals surface area contributed by atoms with Gasteiger partial charge >= 0.3 is 11.9 Å². The molecule has 2 N–H and O–H groups in total. The third-order valence-corrected chi connectivity index (χ3v) is 3.54. The molecule has 0 atom stereocenters. The molecule has 0 fully saturated rings. The number of nitrogens with one attached hydrogen (secondary N) is 2. The number of esters is 2. The summed E-state index contributed by atoms with van der Waals surface area (Å²) in [7, 11) is 0. The third-order valence-electron chi connectivity index (χ3n) is 3.54. The molecule has 2 aromatic heterocycles. The van der Waals surface area contributed by atoms with Crippen molar-refractivity contribution in [2.45, 2.75) is 20.8 Å². The molecule has 27 heavy (non-hydrogen) atoms. The normalized spacial score (nSPS) is 10.6. The van der Waals surface area contributed by atoms with Crippen molar-refractivity contribution in [3.63, 3.8) is 0 Å². The van der Waals surface area contributed by atoms with Gasteiger partial charge in [-0.1, -0.05) is 0 Å². The van der Waals surface area contributed by atoms with Crippen LogP contribution in [0.3, 0.4) is 0 Å². The van der Waals surface area contributed by atoms with E-state index in [9.17, 15) is 14.4 Å². The number of pyridine rings is 1. The van der Waals surface area contributed by atoms with Crippen LogP contribution in [0, 0.1) is 6.92 Å². The lowest BCUT2D eigenvalue weighted by atomic mass is 10.1. The van der Waals surface area contributed by atoms with E-state index in [0.29, 0.717) is 11.1 Å². The van der Waals surface area contributed by atoms with Gasteiger partial charge < -0.3 is 14.5 Å². The predicted molar refractivity (Wildman–Crippen MR) is 96.7 cm³/mol. The average Bonchev–Trinajstić information content (AvgIpc) is 2.99. The van der Waals surface area contributed by atoms with Crippen molar-refractivity contribution in [3.8, 4) is 0 Å². The highest BCUT2D eigenvalue weighted by atomic mass is 16.5. The second-order valence-electron chi connectivity index (χ2n) is 5.29. The predicted octanol–water partition coefficient (Wildman–Crippen LogP) is 1.84. The molecule has 9 heteroatoms. The fraction of sp³-hybridized carbons (Fsp3) is 0.278. The van der Waals surface area contributed by atoms with E-state index >= 15 is 0 Å². The molecule has 142 valence electrons. The Morgan fingerprint density at radius 3 is 2.41 bits per heavy atom. The van der Waals surface area contributed by atoms with Gasteiger partial charge in [0.25, 0.3) is 5.91 Å². The Bertz CT molecular complexity index is 858. The van der Waals surface area contributed by atoms with Gasteiger partial charge in [-0.3, -0.25) is 9.78 Å². The molecule has 0 saturated carbocycles. The number of hydrogen-bond donors (Lipinski definition) is 2. The number of hydrogen-bond acceptors (Lipinski definition) is 7. The summed E-state index contributed by atoms with van der Waals surface area (Å²) >= 11 is 0. The van der Waals surface area contributed by atoms with E-state index in [2.05, 4.69) is 20.5 Å². The Kier molecular flexibility index (Phi) is 6.81. The minimum atomic E-state index is -0.608. The van der Waals surface area contributed by atoms with E-state index in [1.807, 2.05) is 0 Å². The highest BCUT2D eigenvalue weighted by Crippen LogP contribution is 2.19. The molecule has 2 aromatic rings. The van der Waals surface area contributed by atoms with Gasteiger partial charge in [0.05, 0.1) is 30.7 Å². The van der Waals surface area contributed by atoms with Crippen LogP contribution >= 0.6 is 0 Å². The quantitative estimate of drug-likeness (QED) is 0.434. The zero-order valence-corrected chi connectivity index (χ0v) is 15.2. The number of aromatic amines is 1. The standard InChI is InChI=1S/C18H20N4O5/c1-4-26-17(24)14-11(3)15(18(25)27-5-2)21-13(14)10-20-22-16(23)12-6-8-19-9-7-12/h6-10,21H,4-5H2,1-3H3,(H,22,23)/b20-10-. The Balaban J connectivity index is 2.28. The molecule has 2 heterocycles. The van der Waals surface area contributed by atoms with Crippen LogP contribution in [0.5, 0.6) is 0 Å². The lowest BCUT2D eigenvalue weighted by molar-refractivity contribution is 0.0518. The summed E-state index contributed by atoms with van der Waals surface area (Å²) in [5, 5.41) is 3.84. The largest absolute Gasteiger partial charge is 0.462 e. The summed E-state index contributed by atoms with van der Waals surface area (Å²) < 4.78 is 10.0. The molecule has 2 rings (SSSR count). The van der Waals surface area contributed by atoms with Crippen molar-refractivity contribution < 1.29 is 23.9 Å². The molecule has 0 unspecified atom stereocenters. The van der Waals surface area contributed by atoms with E-state index < -0.39 is 17.8 Å². The molecule has 0 bridgehead atoms. The van der Waals surface area contributed by atoms with Crippen LogP contribution < -0.4 is 5.43 Å². The maximum absolute atomic E-state index is 12.2. The first-order valence-electron chi connectivity index (χ1n) is 8.29. The number of aromatic nitrogens is 2. The van der Waals surface area contributed by atoms with Crippen molar-refractivity contribution in [2.24, 2.45) is 5.10 Å². The Morgan fingerprint density at radius 1 is 1.15 bits per heavy atom. The summed E-state index contributed by atoms with van der Waals surface area (Å²) in [6, 6.07) is 3.07. The molecular weight excluding hydrogens is 352 g/mol. The maximum Gasteiger partial charge on any atom is 0.355 e. The van der Waals surface area contributed by atoms with E-state index in [1.54, 1.807) is 20.8 Å². The molecule has 1 amide bonds. The zero-order valence-electron chi connectivity index (χ0n) is 15.2. The number of carbonyl (C=O) groups excluding carboxylic acids is 3. The van der Waals surface area contributed by atoms with Gasteiger partial charge in [0.1, 0.15) is 5.69 Å². The summed E-state index contributed by atoms with van der Waals surface area (Å²) in [4.78, 5) is 42.9. The van der Waals surface area contributed by atoms with E-state index in [0.717, 1.165) is 0 Å². The van der Waals surface area contributed by atoms with Gasteiger partial charge in [-0.15, -0.1) is 0 Å². The van der Waals surface area contributed by atoms with E-state index in [4.69, 9.17) is 9.47 Å². The summed E-state index contributed by atoms with van der Waals surface area (Å²) in [5.41, 5.74) is 3.61. The minimum absolute atomic E-state index is 0.127. The second kappa shape index (κ2) is 9.27. The molecule has 0 aliphatic heterocycles. The number of H-pyrrole nitrogens is 1. The van der Waals surface area contributed by atoms with Crippen LogP contribution in [0.1, 0.15) is 56.3 Å². The number of carbonyl (C=O) groups is 3. The lowest BCUT2D eigenvalue weighted by Crippen LogP contribution is -2.18. The van der Waals surface area contributed by atoms with Crippen molar-refractivity contribution in [1.29, 1.82) is 0 Å². The second-order valence-corrected chi connectivity index (χ2v) is 5.29. The minimum Gasteiger partial charge on any atom is -0.462 e. The summed E-state index contributed by atoms with van der Waals surface area (Å²) in [6.45, 7) is 5.32. The van der Waals surface area contributed by atoms with Crippen LogP contribution in [0.25, 0.3) is 0 Å². The molecule has 0 spiro atoms. The van der Waals surface area contributed by atoms with Crippen molar-refractivity contribution >= 4 is 24.1 Å². The molecule has 0 aliphatic carbocycles. The van der Waals surface area contributed by atoms with Crippen LogP contribution in [-0.2, 0) is 9.47 Å². The fourth-order valence-electron chi connectivity index (χ4n) is 2.31. The monoisotopic (exact) mass is 372 g/mol. The Hall–Kier alpha value is -3.49. The van der Waals surface area contributed by atoms with Gasteiger partial charge in [-0.25, -0.2) is 15.0 Å². The molecule has 0 saturated heterocycles. The number of amides is 1. The fourth-order valence-corrected chi connectivity index (χ4v) is 2.31. The highest BCUT2D eigenvalue weighted by molar-refractivity contribution is 6.04. The molecule has 0 radical (unpaired) electrons. The number of ether oxygens (including phenoxy) is 2. The molecule has 0 aromatic carbocycles. The van der Waals surface area contributed by atoms with Gasteiger partial charge in [-0.2, -0.15) is 5.10 Å². The highest BCUT2D eigenvalue weighted by Gasteiger charge is 2.24. The van der Waals surface area contributed by atoms with E-state index in [1.165, 1.54) is 30.7 Å². The zero-order chi connectivity index (χ0) is 19.8. The summed E-state index contributed by atoms with van der Waals surface area (Å²) in [5.74, 6) is -1.65. The van der Waals surface area contributed by atoms with Crippen LogP contribution in [0.2, 0.25) is 0 Å². The number of nitrogens with zero attached hydrogens (tertiary/aromatic N) is 2. The summed E-state index contributed by atoms with van der Waals surface area (Å²) in [6.07, 6.45) is 4.20. The van der Waals surface area contributed by atoms with E-state index in [-0.39, 0.29) is 30.2 Å². The lowest BCUT2D eigenvalue weighted by Gasteiger charge is -2.03. The van der Waals surface area contributed by atoms with Crippen LogP contribution in [-0.4, -0.2) is 47.2 Å². The van der Waals surface area contributed by atoms with Gasteiger partial charge in [0.2, 0.25) is 0 Å². The average molecular weight is 372 g/mol. The number of rotatable bonds is 7. The van der Waals surface area contributed by atoms with Crippen molar-refractivity contribution in [3.05, 3.63) is 52.6 Å². The Labute approximate surface area is 155 Å². The van der Waals surface area contributed by atoms with Crippen LogP contribution in [0.15, 0.2) is 29.6 Å². The SMILES string of the molecule is CCOC(=O)c1[nH]c(/C=N\NC(=O)c2ccncc2)c(C(=O)OCC)c1C. The smallest absolute Gasteiger partial charge is 0.355 e. The molecular formula is C18H20N4O5. The van der Waals surface area contributed by atoms with Crippen LogP contribution in [0.4, 0.5) is 0 Å². The maximum atomic E-state index is 12.2. The molecule has 9 nitrogen and oxygen atoms in total. The Morgan fingerprint density at radius 2 is 1.78 bits per heavy atom. The first kappa shape index (κ1) is 19.8. The van der Waals surface area contributed by atoms with Gasteiger partial charge in [0.15, 0.2) is 0 Å². The van der Waals surface area contributed by atoms with Crippen molar-refractivity contribution in [1.82, 2.24) is 15.4 Å². The molecule has 0 aliphatic rings. The van der Waals surface area contributed by atoms with Gasteiger partial charge in [-0.05, 0) is 38.5 Å². The third kappa shape index (κ3) is 4.78. The van der Waals surface area contributed by atoms with Gasteiger partial charge in [0, 0.05) is 18.0 Å². The first-order valence-corrected chi connectivity index (χ1v) is 8.29. The topological polar surface area (TPSA) is 123 Å². The van der Waals surface area contributed by atoms with Crippen molar-refractivity contribution in [2.75, 3.05) is 13.2 Å². The number of hydrazone groups is 1.